The number of hydrogen-bond acceptors (Lipinski definition) is 4. The second-order valence-corrected chi connectivity index (χ2v) is 6.32. The van der Waals surface area contributed by atoms with E-state index >= 15 is 0 Å². The van der Waals surface area contributed by atoms with Crippen molar-refractivity contribution in [1.29, 1.82) is 0 Å². The minimum Gasteiger partial charge on any atom is -0.353 e. The third-order valence-corrected chi connectivity index (χ3v) is 4.46. The van der Waals surface area contributed by atoms with E-state index in [-0.39, 0.29) is 37.3 Å². The Bertz CT molecular complexity index is 861. The molecule has 1 aliphatic heterocycles. The van der Waals surface area contributed by atoms with Crippen molar-refractivity contribution in [2.24, 2.45) is 0 Å². The van der Waals surface area contributed by atoms with Crippen molar-refractivity contribution < 1.29 is 4.79 Å². The van der Waals surface area contributed by atoms with Crippen LogP contribution in [0.3, 0.4) is 0 Å². The maximum absolute atomic E-state index is 12.2. The predicted octanol–water partition coefficient (Wildman–Crippen LogP) is 0.758. The molecule has 1 aliphatic rings. The number of hydrogen-bond donors (Lipinski definition) is 3. The Morgan fingerprint density at radius 2 is 2.08 bits per heavy atom. The van der Waals surface area contributed by atoms with Gasteiger partial charge in [-0.3, -0.25) is 19.1 Å². The Labute approximate surface area is 151 Å². The maximum atomic E-state index is 12.2. The van der Waals surface area contributed by atoms with Gasteiger partial charge in [0.05, 0.1) is 10.9 Å². The first kappa shape index (κ1) is 19.2. The minimum atomic E-state index is -0.484. The number of amides is 1. The van der Waals surface area contributed by atoms with Crippen LogP contribution in [0.15, 0.2) is 33.9 Å². The van der Waals surface area contributed by atoms with Gasteiger partial charge in [0, 0.05) is 25.0 Å². The zero-order valence-corrected chi connectivity index (χ0v) is 14.9. The Balaban J connectivity index is 0.00000225. The smallest absolute Gasteiger partial charge is 0.328 e. The quantitative estimate of drug-likeness (QED) is 0.744. The van der Waals surface area contributed by atoms with Crippen LogP contribution in [0.5, 0.6) is 0 Å². The van der Waals surface area contributed by atoms with Crippen LogP contribution in [-0.4, -0.2) is 34.1 Å². The highest BCUT2D eigenvalue weighted by Crippen LogP contribution is 2.09. The Morgan fingerprint density at radius 1 is 1.32 bits per heavy atom. The van der Waals surface area contributed by atoms with Crippen LogP contribution in [0.2, 0.25) is 0 Å². The van der Waals surface area contributed by atoms with Crippen molar-refractivity contribution in [2.45, 2.75) is 44.8 Å². The number of rotatable bonds is 4. The molecule has 3 rings (SSSR count). The number of benzene rings is 1. The lowest BCUT2D eigenvalue weighted by Crippen LogP contribution is -2.46. The number of aromatic nitrogens is 2. The van der Waals surface area contributed by atoms with E-state index in [1.807, 2.05) is 0 Å². The van der Waals surface area contributed by atoms with Crippen LogP contribution in [0.1, 0.15) is 26.2 Å². The molecule has 0 bridgehead atoms. The van der Waals surface area contributed by atoms with E-state index in [0.29, 0.717) is 16.9 Å². The molecule has 1 aromatic heterocycles. The van der Waals surface area contributed by atoms with E-state index in [1.54, 1.807) is 24.3 Å². The predicted molar refractivity (Wildman–Crippen MR) is 99.3 cm³/mol. The third kappa shape index (κ3) is 4.49. The van der Waals surface area contributed by atoms with Gasteiger partial charge in [0.15, 0.2) is 0 Å². The van der Waals surface area contributed by atoms with Crippen molar-refractivity contribution in [3.8, 4) is 0 Å². The Morgan fingerprint density at radius 3 is 2.84 bits per heavy atom. The summed E-state index contributed by atoms with van der Waals surface area (Å²) in [5.41, 5.74) is -0.337. The van der Waals surface area contributed by atoms with Crippen LogP contribution >= 0.6 is 12.4 Å². The van der Waals surface area contributed by atoms with Crippen LogP contribution in [-0.2, 0) is 11.3 Å². The molecule has 2 unspecified atom stereocenters. The van der Waals surface area contributed by atoms with Gasteiger partial charge in [-0.25, -0.2) is 4.79 Å². The summed E-state index contributed by atoms with van der Waals surface area (Å²) >= 11 is 0. The summed E-state index contributed by atoms with van der Waals surface area (Å²) in [4.78, 5) is 38.4. The second kappa shape index (κ2) is 8.31. The molecule has 0 spiro atoms. The lowest BCUT2D eigenvalue weighted by Gasteiger charge is -2.28. The molecule has 0 radical (unpaired) electrons. The SMILES string of the molecule is CC1CC(NC(=O)CCn2c(=O)[nH]c(=O)c3ccccc32)CCN1.Cl. The Kier molecular flexibility index (Phi) is 6.39. The molecular formula is C17H23ClN4O3. The van der Waals surface area contributed by atoms with Gasteiger partial charge in [0.1, 0.15) is 0 Å². The van der Waals surface area contributed by atoms with Gasteiger partial charge in [-0.05, 0) is 38.4 Å². The molecule has 1 amide bonds. The van der Waals surface area contributed by atoms with Crippen LogP contribution < -0.4 is 21.9 Å². The number of carbonyl (C=O) groups excluding carboxylic acids is 1. The van der Waals surface area contributed by atoms with Crippen LogP contribution in [0.25, 0.3) is 10.9 Å². The lowest BCUT2D eigenvalue weighted by atomic mass is 10.0. The van der Waals surface area contributed by atoms with Gasteiger partial charge in [0.25, 0.3) is 5.56 Å². The van der Waals surface area contributed by atoms with E-state index in [0.717, 1.165) is 19.4 Å². The summed E-state index contributed by atoms with van der Waals surface area (Å²) in [6.45, 7) is 3.24. The van der Waals surface area contributed by atoms with E-state index in [2.05, 4.69) is 22.5 Å². The number of aryl methyl sites for hydroxylation is 1. The van der Waals surface area contributed by atoms with Crippen molar-refractivity contribution >= 4 is 29.2 Å². The fourth-order valence-corrected chi connectivity index (χ4v) is 3.24. The molecule has 2 aromatic rings. The van der Waals surface area contributed by atoms with Crippen LogP contribution in [0, 0.1) is 0 Å². The van der Waals surface area contributed by atoms with Crippen molar-refractivity contribution in [2.75, 3.05) is 6.54 Å². The number of nitrogens with zero attached hydrogens (tertiary/aromatic N) is 1. The molecule has 1 fully saturated rings. The summed E-state index contributed by atoms with van der Waals surface area (Å²) in [5.74, 6) is -0.0729. The zero-order valence-electron chi connectivity index (χ0n) is 14.1. The van der Waals surface area contributed by atoms with Crippen LogP contribution in [0.4, 0.5) is 0 Å². The van der Waals surface area contributed by atoms with Crippen molar-refractivity contribution in [3.05, 3.63) is 45.1 Å². The molecule has 2 atom stereocenters. The summed E-state index contributed by atoms with van der Waals surface area (Å²) in [7, 11) is 0. The molecule has 0 saturated carbocycles. The summed E-state index contributed by atoms with van der Waals surface area (Å²) in [5, 5.41) is 6.83. The summed E-state index contributed by atoms with van der Waals surface area (Å²) in [6, 6.07) is 7.48. The van der Waals surface area contributed by atoms with E-state index in [9.17, 15) is 14.4 Å². The van der Waals surface area contributed by atoms with Gasteiger partial charge >= 0.3 is 5.69 Å². The highest BCUT2D eigenvalue weighted by Gasteiger charge is 2.19. The summed E-state index contributed by atoms with van der Waals surface area (Å²) < 4.78 is 1.45. The minimum absolute atomic E-state index is 0. The van der Waals surface area contributed by atoms with E-state index in [4.69, 9.17) is 0 Å². The van der Waals surface area contributed by atoms with Gasteiger partial charge in [-0.2, -0.15) is 0 Å². The normalized spacial score (nSPS) is 20.0. The molecule has 3 N–H and O–H groups in total. The summed E-state index contributed by atoms with van der Waals surface area (Å²) in [6.07, 6.45) is 2.03. The third-order valence-electron chi connectivity index (χ3n) is 4.46. The van der Waals surface area contributed by atoms with Gasteiger partial charge in [-0.15, -0.1) is 12.4 Å². The number of carbonyl (C=O) groups is 1. The molecule has 1 aromatic carbocycles. The monoisotopic (exact) mass is 366 g/mol. The second-order valence-electron chi connectivity index (χ2n) is 6.32. The number of halogens is 1. The average Bonchev–Trinajstić information content (AvgIpc) is 2.54. The number of nitrogens with one attached hydrogen (secondary N) is 3. The highest BCUT2D eigenvalue weighted by atomic mass is 35.5. The number of para-hydroxylation sites is 1. The molecule has 8 heteroatoms. The molecule has 136 valence electrons. The van der Waals surface area contributed by atoms with Crippen molar-refractivity contribution in [1.82, 2.24) is 20.2 Å². The first-order chi connectivity index (χ1) is 11.5. The first-order valence-corrected chi connectivity index (χ1v) is 8.29. The molecule has 25 heavy (non-hydrogen) atoms. The largest absolute Gasteiger partial charge is 0.353 e. The molecule has 0 aliphatic carbocycles. The van der Waals surface area contributed by atoms with Gasteiger partial charge in [0.2, 0.25) is 5.91 Å². The standard InChI is InChI=1S/C17H22N4O3.ClH/c1-11-10-12(6-8-18-11)19-15(22)7-9-21-14-5-3-2-4-13(14)16(23)20-17(21)24;/h2-5,11-12,18H,6-10H2,1H3,(H,19,22)(H,20,23,24);1H. The number of fused-ring (bicyclic) bond motifs is 1. The fraction of sp³-hybridized carbons (Fsp3) is 0.471. The Hall–Kier alpha value is -2.12. The molecular weight excluding hydrogens is 344 g/mol. The van der Waals surface area contributed by atoms with Gasteiger partial charge in [-0.1, -0.05) is 12.1 Å². The fourth-order valence-electron chi connectivity index (χ4n) is 3.24. The molecule has 2 heterocycles. The average molecular weight is 367 g/mol. The number of piperidine rings is 1. The lowest BCUT2D eigenvalue weighted by molar-refractivity contribution is -0.122. The first-order valence-electron chi connectivity index (χ1n) is 8.29. The number of H-pyrrole nitrogens is 1. The van der Waals surface area contributed by atoms with Gasteiger partial charge < -0.3 is 10.6 Å². The molecule has 7 nitrogen and oxygen atoms in total. The maximum Gasteiger partial charge on any atom is 0.328 e. The molecule has 1 saturated heterocycles. The van der Waals surface area contributed by atoms with E-state index in [1.165, 1.54) is 4.57 Å². The highest BCUT2D eigenvalue weighted by molar-refractivity contribution is 5.85. The topological polar surface area (TPSA) is 96.0 Å². The zero-order chi connectivity index (χ0) is 17.1. The van der Waals surface area contributed by atoms with E-state index < -0.39 is 11.2 Å². The number of aromatic amines is 1. The van der Waals surface area contributed by atoms with Crippen molar-refractivity contribution in [3.63, 3.8) is 0 Å².